The number of nitrogens with zero attached hydrogens (tertiary/aromatic N) is 1. The molecule has 0 spiro atoms. The normalized spacial score (nSPS) is 10.8. The Labute approximate surface area is 111 Å². The number of H-pyrrole nitrogens is 1. The van der Waals surface area contributed by atoms with Gasteiger partial charge in [0.05, 0.1) is 12.8 Å². The molecule has 0 aliphatic heterocycles. The summed E-state index contributed by atoms with van der Waals surface area (Å²) in [5, 5.41) is 0.957. The minimum atomic E-state index is 0.709. The van der Waals surface area contributed by atoms with E-state index in [1.807, 2.05) is 37.3 Å². The summed E-state index contributed by atoms with van der Waals surface area (Å²) < 4.78 is 5.28. The monoisotopic (exact) mass is 253 g/mol. The number of benzene rings is 1. The van der Waals surface area contributed by atoms with Crippen molar-refractivity contribution in [1.29, 1.82) is 0 Å². The number of anilines is 1. The summed E-state index contributed by atoms with van der Waals surface area (Å²) in [6, 6.07) is 9.99. The average Bonchev–Trinajstić information content (AvgIpc) is 2.79. The molecule has 19 heavy (non-hydrogen) atoms. The number of hydrogen-bond donors (Lipinski definition) is 2. The summed E-state index contributed by atoms with van der Waals surface area (Å²) in [6.07, 6.45) is 1.78. The van der Waals surface area contributed by atoms with E-state index in [1.165, 1.54) is 0 Å². The predicted octanol–water partition coefficient (Wildman–Crippen LogP) is 3.13. The first kappa shape index (κ1) is 11.6. The lowest BCUT2D eigenvalue weighted by Gasteiger charge is -2.08. The highest BCUT2D eigenvalue weighted by Gasteiger charge is 2.11. The van der Waals surface area contributed by atoms with E-state index in [0.717, 1.165) is 33.6 Å². The van der Waals surface area contributed by atoms with Crippen LogP contribution in [0.1, 0.15) is 5.69 Å². The molecule has 4 nitrogen and oxygen atoms in total. The van der Waals surface area contributed by atoms with E-state index < -0.39 is 0 Å². The zero-order valence-corrected chi connectivity index (χ0v) is 10.9. The molecule has 0 saturated heterocycles. The van der Waals surface area contributed by atoms with Gasteiger partial charge in [0.25, 0.3) is 0 Å². The molecule has 0 atom stereocenters. The molecule has 3 rings (SSSR count). The Kier molecular flexibility index (Phi) is 2.63. The van der Waals surface area contributed by atoms with E-state index in [4.69, 9.17) is 10.5 Å². The molecule has 0 bridgehead atoms. The van der Waals surface area contributed by atoms with Crippen molar-refractivity contribution in [3.8, 4) is 16.9 Å². The number of nitrogen functional groups attached to an aromatic ring is 1. The molecule has 2 aromatic heterocycles. The fourth-order valence-corrected chi connectivity index (χ4v) is 2.31. The molecule has 2 heterocycles. The molecule has 0 amide bonds. The van der Waals surface area contributed by atoms with Gasteiger partial charge in [-0.1, -0.05) is 12.1 Å². The van der Waals surface area contributed by atoms with Gasteiger partial charge in [-0.15, -0.1) is 0 Å². The van der Waals surface area contributed by atoms with Crippen LogP contribution in [0.5, 0.6) is 5.75 Å². The van der Waals surface area contributed by atoms with Crippen molar-refractivity contribution in [3.63, 3.8) is 0 Å². The Hall–Kier alpha value is -2.49. The molecular formula is C15H15N3O. The van der Waals surface area contributed by atoms with E-state index in [0.29, 0.717) is 5.69 Å². The number of nitrogens with one attached hydrogen (secondary N) is 1. The molecule has 0 unspecified atom stereocenters. The summed E-state index contributed by atoms with van der Waals surface area (Å²) in [7, 11) is 1.66. The molecule has 3 aromatic rings. The zero-order chi connectivity index (χ0) is 13.4. The SMILES string of the molecule is COc1cccc(-c2cc(C)nc3[nH]cc(N)c23)c1. The number of aromatic nitrogens is 2. The highest BCUT2D eigenvalue weighted by atomic mass is 16.5. The van der Waals surface area contributed by atoms with Crippen LogP contribution in [0, 0.1) is 6.92 Å². The molecule has 3 N–H and O–H groups in total. The van der Waals surface area contributed by atoms with Crippen LogP contribution in [-0.2, 0) is 0 Å². The number of pyridine rings is 1. The van der Waals surface area contributed by atoms with Gasteiger partial charge < -0.3 is 15.5 Å². The van der Waals surface area contributed by atoms with Crippen LogP contribution in [0.4, 0.5) is 5.69 Å². The lowest BCUT2D eigenvalue weighted by Crippen LogP contribution is -1.90. The number of methoxy groups -OCH3 is 1. The van der Waals surface area contributed by atoms with E-state index in [1.54, 1.807) is 13.3 Å². The van der Waals surface area contributed by atoms with Crippen LogP contribution >= 0.6 is 0 Å². The van der Waals surface area contributed by atoms with Gasteiger partial charge in [-0.2, -0.15) is 0 Å². The summed E-state index contributed by atoms with van der Waals surface area (Å²) in [4.78, 5) is 7.56. The van der Waals surface area contributed by atoms with Gasteiger partial charge in [-0.05, 0) is 36.2 Å². The van der Waals surface area contributed by atoms with Crippen LogP contribution in [0.3, 0.4) is 0 Å². The maximum absolute atomic E-state index is 6.03. The van der Waals surface area contributed by atoms with Crippen molar-refractivity contribution >= 4 is 16.7 Å². The molecule has 0 saturated carbocycles. The Bertz CT molecular complexity index is 746. The Morgan fingerprint density at radius 3 is 2.89 bits per heavy atom. The summed E-state index contributed by atoms with van der Waals surface area (Å²) >= 11 is 0. The smallest absolute Gasteiger partial charge is 0.140 e. The molecular weight excluding hydrogens is 238 g/mol. The van der Waals surface area contributed by atoms with Gasteiger partial charge in [0, 0.05) is 17.3 Å². The quantitative estimate of drug-likeness (QED) is 0.737. The minimum absolute atomic E-state index is 0.709. The first-order chi connectivity index (χ1) is 9.19. The number of aromatic amines is 1. The summed E-state index contributed by atoms with van der Waals surface area (Å²) in [5.74, 6) is 0.828. The molecule has 1 aromatic carbocycles. The third-order valence-corrected chi connectivity index (χ3v) is 3.18. The van der Waals surface area contributed by atoms with Crippen LogP contribution in [-0.4, -0.2) is 17.1 Å². The van der Waals surface area contributed by atoms with Crippen molar-refractivity contribution in [3.05, 3.63) is 42.2 Å². The Morgan fingerprint density at radius 2 is 2.11 bits per heavy atom. The number of ether oxygens (including phenoxy) is 1. The molecule has 96 valence electrons. The van der Waals surface area contributed by atoms with E-state index in [-0.39, 0.29) is 0 Å². The topological polar surface area (TPSA) is 63.9 Å². The van der Waals surface area contributed by atoms with Crippen LogP contribution < -0.4 is 10.5 Å². The third-order valence-electron chi connectivity index (χ3n) is 3.18. The second kappa shape index (κ2) is 4.31. The number of rotatable bonds is 2. The fourth-order valence-electron chi connectivity index (χ4n) is 2.31. The van der Waals surface area contributed by atoms with Gasteiger partial charge in [0.2, 0.25) is 0 Å². The number of aryl methyl sites for hydroxylation is 1. The maximum atomic E-state index is 6.03. The van der Waals surface area contributed by atoms with E-state index in [2.05, 4.69) is 9.97 Å². The molecule has 0 aliphatic rings. The third kappa shape index (κ3) is 1.91. The van der Waals surface area contributed by atoms with Gasteiger partial charge in [-0.3, -0.25) is 0 Å². The highest BCUT2D eigenvalue weighted by Crippen LogP contribution is 2.33. The number of hydrogen-bond acceptors (Lipinski definition) is 3. The zero-order valence-electron chi connectivity index (χ0n) is 10.9. The fraction of sp³-hybridized carbons (Fsp3) is 0.133. The van der Waals surface area contributed by atoms with Gasteiger partial charge in [-0.25, -0.2) is 4.98 Å². The number of fused-ring (bicyclic) bond motifs is 1. The van der Waals surface area contributed by atoms with Gasteiger partial charge in [0.15, 0.2) is 0 Å². The van der Waals surface area contributed by atoms with Crippen molar-refractivity contribution in [2.45, 2.75) is 6.92 Å². The van der Waals surface area contributed by atoms with E-state index in [9.17, 15) is 0 Å². The van der Waals surface area contributed by atoms with Crippen molar-refractivity contribution in [2.75, 3.05) is 12.8 Å². The van der Waals surface area contributed by atoms with Gasteiger partial charge in [0.1, 0.15) is 11.4 Å². The molecule has 4 heteroatoms. The van der Waals surface area contributed by atoms with Gasteiger partial charge >= 0.3 is 0 Å². The first-order valence-corrected chi connectivity index (χ1v) is 6.07. The molecule has 0 aliphatic carbocycles. The molecule has 0 radical (unpaired) electrons. The average molecular weight is 253 g/mol. The lowest BCUT2D eigenvalue weighted by atomic mass is 10.0. The van der Waals surface area contributed by atoms with Crippen LogP contribution in [0.25, 0.3) is 22.2 Å². The largest absolute Gasteiger partial charge is 0.497 e. The predicted molar refractivity (Wildman–Crippen MR) is 77.2 cm³/mol. The van der Waals surface area contributed by atoms with Crippen molar-refractivity contribution in [1.82, 2.24) is 9.97 Å². The van der Waals surface area contributed by atoms with Crippen LogP contribution in [0.15, 0.2) is 36.5 Å². The van der Waals surface area contributed by atoms with E-state index >= 15 is 0 Å². The van der Waals surface area contributed by atoms with Crippen LogP contribution in [0.2, 0.25) is 0 Å². The second-order valence-corrected chi connectivity index (χ2v) is 4.51. The maximum Gasteiger partial charge on any atom is 0.140 e. The highest BCUT2D eigenvalue weighted by molar-refractivity contribution is 6.01. The summed E-state index contributed by atoms with van der Waals surface area (Å²) in [5.41, 5.74) is 10.6. The Balaban J connectivity index is 2.31. The second-order valence-electron chi connectivity index (χ2n) is 4.51. The standard InChI is InChI=1S/C15H15N3O/c1-9-6-12(10-4-3-5-11(7-10)19-2)14-13(16)8-17-15(14)18-9/h3-8H,16H2,1-2H3,(H,17,18). The minimum Gasteiger partial charge on any atom is -0.497 e. The molecule has 0 fully saturated rings. The van der Waals surface area contributed by atoms with Crippen molar-refractivity contribution in [2.24, 2.45) is 0 Å². The lowest BCUT2D eigenvalue weighted by molar-refractivity contribution is 0.415. The first-order valence-electron chi connectivity index (χ1n) is 6.07. The number of nitrogens with two attached hydrogens (primary N) is 1. The summed E-state index contributed by atoms with van der Waals surface area (Å²) in [6.45, 7) is 1.97. The Morgan fingerprint density at radius 1 is 1.26 bits per heavy atom. The van der Waals surface area contributed by atoms with Crippen molar-refractivity contribution < 1.29 is 4.74 Å².